The summed E-state index contributed by atoms with van der Waals surface area (Å²) in [5.41, 5.74) is 3.87. The number of hydrogen-bond donors (Lipinski definition) is 1. The van der Waals surface area contributed by atoms with E-state index in [-0.39, 0.29) is 0 Å². The summed E-state index contributed by atoms with van der Waals surface area (Å²) in [5.74, 6) is 1.85. The van der Waals surface area contributed by atoms with Crippen molar-refractivity contribution in [1.29, 1.82) is 0 Å². The van der Waals surface area contributed by atoms with Crippen molar-refractivity contribution in [3.05, 3.63) is 28.8 Å². The Balaban J connectivity index is 2.34. The van der Waals surface area contributed by atoms with E-state index in [0.29, 0.717) is 6.04 Å². The molecular weight excluding hydrogens is 198 g/mol. The van der Waals surface area contributed by atoms with Crippen molar-refractivity contribution >= 4 is 0 Å². The van der Waals surface area contributed by atoms with Crippen LogP contribution in [-0.4, -0.2) is 14.2 Å². The monoisotopic (exact) mass is 219 g/mol. The quantitative estimate of drug-likeness (QED) is 0.840. The Morgan fingerprint density at radius 2 is 1.81 bits per heavy atom. The molecule has 1 saturated carbocycles. The third-order valence-electron chi connectivity index (χ3n) is 3.45. The smallest absolute Gasteiger partial charge is 0.124 e. The Morgan fingerprint density at radius 3 is 2.19 bits per heavy atom. The standard InChI is InChI=1S/C14H21NO/c1-9-7-12(8-10(2)14(9)16-4)13(15-3)11-5-6-11/h7-8,11,13,15H,5-6H2,1-4H3. The molecule has 1 aromatic carbocycles. The number of benzene rings is 1. The van der Waals surface area contributed by atoms with E-state index in [0.717, 1.165) is 11.7 Å². The molecule has 0 bridgehead atoms. The van der Waals surface area contributed by atoms with Gasteiger partial charge >= 0.3 is 0 Å². The van der Waals surface area contributed by atoms with Crippen LogP contribution in [0.1, 0.15) is 35.6 Å². The molecule has 0 aliphatic heterocycles. The molecule has 1 aliphatic carbocycles. The number of nitrogens with one attached hydrogen (secondary N) is 1. The number of aryl methyl sites for hydroxylation is 2. The molecule has 1 aliphatic rings. The van der Waals surface area contributed by atoms with Gasteiger partial charge in [-0.15, -0.1) is 0 Å². The van der Waals surface area contributed by atoms with Crippen molar-refractivity contribution in [2.75, 3.05) is 14.2 Å². The molecule has 1 unspecified atom stereocenters. The Morgan fingerprint density at radius 1 is 1.25 bits per heavy atom. The van der Waals surface area contributed by atoms with Gasteiger partial charge in [0.15, 0.2) is 0 Å². The summed E-state index contributed by atoms with van der Waals surface area (Å²) < 4.78 is 5.40. The van der Waals surface area contributed by atoms with Gasteiger partial charge in [-0.25, -0.2) is 0 Å². The van der Waals surface area contributed by atoms with E-state index in [1.165, 1.54) is 29.5 Å². The maximum absolute atomic E-state index is 5.40. The molecule has 0 radical (unpaired) electrons. The van der Waals surface area contributed by atoms with Crippen molar-refractivity contribution in [1.82, 2.24) is 5.32 Å². The van der Waals surface area contributed by atoms with Crippen LogP contribution >= 0.6 is 0 Å². The van der Waals surface area contributed by atoms with Crippen LogP contribution in [0.3, 0.4) is 0 Å². The molecule has 0 saturated heterocycles. The highest BCUT2D eigenvalue weighted by atomic mass is 16.5. The largest absolute Gasteiger partial charge is 0.496 e. The lowest BCUT2D eigenvalue weighted by Crippen LogP contribution is -2.18. The summed E-state index contributed by atoms with van der Waals surface area (Å²) in [4.78, 5) is 0. The van der Waals surface area contributed by atoms with Crippen LogP contribution in [-0.2, 0) is 0 Å². The third-order valence-corrected chi connectivity index (χ3v) is 3.45. The fourth-order valence-electron chi connectivity index (χ4n) is 2.59. The summed E-state index contributed by atoms with van der Waals surface area (Å²) in [7, 11) is 3.79. The topological polar surface area (TPSA) is 21.3 Å². The fourth-order valence-corrected chi connectivity index (χ4v) is 2.59. The Hall–Kier alpha value is -1.02. The summed E-state index contributed by atoms with van der Waals surface area (Å²) in [6.07, 6.45) is 2.71. The van der Waals surface area contributed by atoms with Gasteiger partial charge in [-0.3, -0.25) is 0 Å². The molecule has 2 nitrogen and oxygen atoms in total. The molecule has 88 valence electrons. The Kier molecular flexibility index (Phi) is 3.20. The highest BCUT2D eigenvalue weighted by Gasteiger charge is 2.31. The van der Waals surface area contributed by atoms with Gasteiger partial charge in [-0.1, -0.05) is 12.1 Å². The zero-order valence-electron chi connectivity index (χ0n) is 10.6. The molecule has 0 aromatic heterocycles. The van der Waals surface area contributed by atoms with Crippen LogP contribution in [0.2, 0.25) is 0 Å². The number of ether oxygens (including phenoxy) is 1. The van der Waals surface area contributed by atoms with E-state index in [9.17, 15) is 0 Å². The van der Waals surface area contributed by atoms with Gasteiger partial charge in [0.1, 0.15) is 5.75 Å². The average Bonchev–Trinajstić information content (AvgIpc) is 3.03. The highest BCUT2D eigenvalue weighted by molar-refractivity contribution is 5.44. The predicted molar refractivity (Wildman–Crippen MR) is 67.0 cm³/mol. The lowest BCUT2D eigenvalue weighted by Gasteiger charge is -2.19. The molecule has 2 heteroatoms. The van der Waals surface area contributed by atoms with E-state index in [1.54, 1.807) is 7.11 Å². The van der Waals surface area contributed by atoms with E-state index in [2.05, 4.69) is 38.3 Å². The van der Waals surface area contributed by atoms with Crippen LogP contribution in [0.25, 0.3) is 0 Å². The van der Waals surface area contributed by atoms with Gasteiger partial charge < -0.3 is 10.1 Å². The van der Waals surface area contributed by atoms with Gasteiger partial charge in [0, 0.05) is 6.04 Å². The van der Waals surface area contributed by atoms with Crippen molar-refractivity contribution in [2.45, 2.75) is 32.7 Å². The first kappa shape index (κ1) is 11.5. The summed E-state index contributed by atoms with van der Waals surface area (Å²) >= 11 is 0. The second kappa shape index (κ2) is 4.46. The van der Waals surface area contributed by atoms with Gasteiger partial charge in [-0.2, -0.15) is 0 Å². The maximum Gasteiger partial charge on any atom is 0.124 e. The lowest BCUT2D eigenvalue weighted by molar-refractivity contribution is 0.407. The highest BCUT2D eigenvalue weighted by Crippen LogP contribution is 2.42. The molecule has 1 aromatic rings. The first-order valence-corrected chi connectivity index (χ1v) is 5.99. The van der Waals surface area contributed by atoms with Crippen LogP contribution < -0.4 is 10.1 Å². The summed E-state index contributed by atoms with van der Waals surface area (Å²) in [6, 6.07) is 5.03. The van der Waals surface area contributed by atoms with Crippen molar-refractivity contribution in [3.8, 4) is 5.75 Å². The van der Waals surface area contributed by atoms with Crippen molar-refractivity contribution < 1.29 is 4.74 Å². The zero-order chi connectivity index (χ0) is 11.7. The van der Waals surface area contributed by atoms with Crippen molar-refractivity contribution in [3.63, 3.8) is 0 Å². The molecule has 1 N–H and O–H groups in total. The van der Waals surface area contributed by atoms with E-state index >= 15 is 0 Å². The second-order valence-corrected chi connectivity index (χ2v) is 4.79. The first-order chi connectivity index (χ1) is 7.67. The number of rotatable bonds is 4. The predicted octanol–water partition coefficient (Wildman–Crippen LogP) is 2.98. The lowest BCUT2D eigenvalue weighted by atomic mass is 9.97. The van der Waals surface area contributed by atoms with Gasteiger partial charge in [0.05, 0.1) is 7.11 Å². The molecule has 0 amide bonds. The summed E-state index contributed by atoms with van der Waals surface area (Å²) in [6.45, 7) is 4.24. The SMILES string of the molecule is CNC(c1cc(C)c(OC)c(C)c1)C1CC1. The Labute approximate surface area is 98.0 Å². The first-order valence-electron chi connectivity index (χ1n) is 5.99. The molecule has 1 fully saturated rings. The van der Waals surface area contributed by atoms with E-state index in [4.69, 9.17) is 4.74 Å². The van der Waals surface area contributed by atoms with E-state index in [1.807, 2.05) is 0 Å². The number of hydrogen-bond acceptors (Lipinski definition) is 2. The molecule has 0 spiro atoms. The minimum atomic E-state index is 0.517. The number of methoxy groups -OCH3 is 1. The van der Waals surface area contributed by atoms with Crippen LogP contribution in [0, 0.1) is 19.8 Å². The van der Waals surface area contributed by atoms with Crippen molar-refractivity contribution in [2.24, 2.45) is 5.92 Å². The molecular formula is C14H21NO. The normalized spacial score (nSPS) is 17.2. The van der Waals surface area contributed by atoms with Gasteiger partial charge in [0.2, 0.25) is 0 Å². The minimum Gasteiger partial charge on any atom is -0.496 e. The van der Waals surface area contributed by atoms with E-state index < -0.39 is 0 Å². The summed E-state index contributed by atoms with van der Waals surface area (Å²) in [5, 5.41) is 3.43. The zero-order valence-corrected chi connectivity index (χ0v) is 10.6. The van der Waals surface area contributed by atoms with Gasteiger partial charge in [0.25, 0.3) is 0 Å². The maximum atomic E-state index is 5.40. The van der Waals surface area contributed by atoms with Crippen LogP contribution in [0.4, 0.5) is 0 Å². The van der Waals surface area contributed by atoms with Crippen LogP contribution in [0.5, 0.6) is 5.75 Å². The molecule has 2 rings (SSSR count). The second-order valence-electron chi connectivity index (χ2n) is 4.79. The van der Waals surface area contributed by atoms with Gasteiger partial charge in [-0.05, 0) is 56.3 Å². The Bertz CT molecular complexity index is 359. The van der Waals surface area contributed by atoms with Crippen LogP contribution in [0.15, 0.2) is 12.1 Å². The average molecular weight is 219 g/mol. The molecule has 0 heterocycles. The molecule has 16 heavy (non-hydrogen) atoms. The third kappa shape index (κ3) is 2.07. The minimum absolute atomic E-state index is 0.517. The molecule has 1 atom stereocenters. The fraction of sp³-hybridized carbons (Fsp3) is 0.571.